The van der Waals surface area contributed by atoms with Gasteiger partial charge in [0.2, 0.25) is 0 Å². The second-order valence-electron chi connectivity index (χ2n) is 6.27. The van der Waals surface area contributed by atoms with E-state index >= 15 is 0 Å². The third-order valence-electron chi connectivity index (χ3n) is 4.42. The highest BCUT2D eigenvalue weighted by atomic mass is 16.1. The normalized spacial score (nSPS) is 25.2. The Hall–Kier alpha value is -1.35. The molecule has 1 N–H and O–H groups in total. The van der Waals surface area contributed by atoms with Gasteiger partial charge in [0.25, 0.3) is 0 Å². The van der Waals surface area contributed by atoms with Crippen molar-refractivity contribution in [3.8, 4) is 0 Å². The Morgan fingerprint density at radius 3 is 2.89 bits per heavy atom. The van der Waals surface area contributed by atoms with Gasteiger partial charge in [-0.1, -0.05) is 12.1 Å². The molecule has 0 amide bonds. The lowest BCUT2D eigenvalue weighted by Gasteiger charge is -2.27. The molecule has 1 aromatic rings. The van der Waals surface area contributed by atoms with Crippen LogP contribution in [0.15, 0.2) is 24.3 Å². The number of nitrogens with zero attached hydrogens (tertiary/aromatic N) is 1. The van der Waals surface area contributed by atoms with Crippen molar-refractivity contribution in [3.05, 3.63) is 29.8 Å². The zero-order chi connectivity index (χ0) is 13.5. The minimum absolute atomic E-state index is 0.143. The van der Waals surface area contributed by atoms with Crippen molar-refractivity contribution in [1.29, 1.82) is 0 Å². The van der Waals surface area contributed by atoms with Crippen LogP contribution in [0.5, 0.6) is 0 Å². The first-order valence-electron chi connectivity index (χ1n) is 7.17. The van der Waals surface area contributed by atoms with E-state index in [1.165, 1.54) is 18.5 Å². The number of hydrogen-bond donors (Lipinski definition) is 1. The van der Waals surface area contributed by atoms with Gasteiger partial charge in [-0.15, -0.1) is 0 Å². The Morgan fingerprint density at radius 2 is 2.21 bits per heavy atom. The molecule has 1 atom stereocenters. The molecule has 1 aliphatic heterocycles. The molecule has 3 rings (SSSR count). The molecule has 1 unspecified atom stereocenters. The molecular formula is C16H22N2O. The Kier molecular flexibility index (Phi) is 3.09. The zero-order valence-electron chi connectivity index (χ0n) is 11.8. The molecule has 2 aliphatic rings. The maximum absolute atomic E-state index is 11.5. The Balaban J connectivity index is 1.86. The molecule has 1 aromatic carbocycles. The smallest absolute Gasteiger partial charge is 0.159 e. The number of carbonyl (C=O) groups excluding carboxylic acids is 1. The van der Waals surface area contributed by atoms with E-state index in [9.17, 15) is 4.79 Å². The summed E-state index contributed by atoms with van der Waals surface area (Å²) in [6, 6.07) is 8.56. The topological polar surface area (TPSA) is 32.3 Å². The maximum atomic E-state index is 11.5. The minimum Gasteiger partial charge on any atom is -0.369 e. The van der Waals surface area contributed by atoms with E-state index in [2.05, 4.69) is 23.2 Å². The fourth-order valence-corrected chi connectivity index (χ4v) is 2.94. The fourth-order valence-electron chi connectivity index (χ4n) is 2.94. The molecule has 3 heteroatoms. The predicted octanol–water partition coefficient (Wildman–Crippen LogP) is 2.47. The van der Waals surface area contributed by atoms with Crippen molar-refractivity contribution < 1.29 is 4.79 Å². The number of carbonyl (C=O) groups is 1. The van der Waals surface area contributed by atoms with Gasteiger partial charge in [-0.25, -0.2) is 0 Å². The van der Waals surface area contributed by atoms with Crippen molar-refractivity contribution in [3.63, 3.8) is 0 Å². The SMILES string of the molecule is CC(=O)c1cccc(N2CC(C)NCC3(CC3)C2)c1. The summed E-state index contributed by atoms with van der Waals surface area (Å²) in [7, 11) is 0. The fraction of sp³-hybridized carbons (Fsp3) is 0.562. The van der Waals surface area contributed by atoms with Crippen molar-refractivity contribution in [2.24, 2.45) is 5.41 Å². The van der Waals surface area contributed by atoms with Gasteiger partial charge in [-0.3, -0.25) is 4.79 Å². The van der Waals surface area contributed by atoms with E-state index in [4.69, 9.17) is 0 Å². The average Bonchev–Trinajstić information content (AvgIpc) is 3.18. The first-order valence-corrected chi connectivity index (χ1v) is 7.17. The highest BCUT2D eigenvalue weighted by Crippen LogP contribution is 2.47. The minimum atomic E-state index is 0.143. The van der Waals surface area contributed by atoms with Crippen LogP contribution < -0.4 is 10.2 Å². The second kappa shape index (κ2) is 4.64. The molecule has 1 saturated carbocycles. The number of Topliss-reactive ketones (excluding diaryl/α,β-unsaturated/α-hetero) is 1. The lowest BCUT2D eigenvalue weighted by molar-refractivity contribution is 0.101. The van der Waals surface area contributed by atoms with E-state index in [1.807, 2.05) is 18.2 Å². The van der Waals surface area contributed by atoms with Gasteiger partial charge in [0.05, 0.1) is 0 Å². The Morgan fingerprint density at radius 1 is 1.42 bits per heavy atom. The van der Waals surface area contributed by atoms with Gasteiger partial charge < -0.3 is 10.2 Å². The number of hydrogen-bond acceptors (Lipinski definition) is 3. The summed E-state index contributed by atoms with van der Waals surface area (Å²) in [5, 5.41) is 3.63. The van der Waals surface area contributed by atoms with E-state index in [0.717, 1.165) is 25.2 Å². The highest BCUT2D eigenvalue weighted by Gasteiger charge is 2.45. The summed E-state index contributed by atoms with van der Waals surface area (Å²) in [6.07, 6.45) is 2.66. The van der Waals surface area contributed by atoms with Gasteiger partial charge in [0.1, 0.15) is 0 Å². The molecule has 1 saturated heterocycles. The van der Waals surface area contributed by atoms with Crippen molar-refractivity contribution in [2.75, 3.05) is 24.5 Å². The molecule has 0 radical (unpaired) electrons. The van der Waals surface area contributed by atoms with E-state index < -0.39 is 0 Å². The third kappa shape index (κ3) is 2.66. The molecule has 0 aromatic heterocycles. The van der Waals surface area contributed by atoms with Gasteiger partial charge in [0.15, 0.2) is 5.78 Å². The maximum Gasteiger partial charge on any atom is 0.159 e. The van der Waals surface area contributed by atoms with Crippen LogP contribution in [0.4, 0.5) is 5.69 Å². The molecular weight excluding hydrogens is 236 g/mol. The lowest BCUT2D eigenvalue weighted by atomic mass is 10.1. The molecule has 0 bridgehead atoms. The summed E-state index contributed by atoms with van der Waals surface area (Å²) >= 11 is 0. The number of benzene rings is 1. The Bertz CT molecular complexity index is 493. The zero-order valence-corrected chi connectivity index (χ0v) is 11.8. The number of ketones is 1. The largest absolute Gasteiger partial charge is 0.369 e. The first-order chi connectivity index (χ1) is 9.08. The van der Waals surface area contributed by atoms with Crippen molar-refractivity contribution >= 4 is 11.5 Å². The van der Waals surface area contributed by atoms with Crippen LogP contribution >= 0.6 is 0 Å². The van der Waals surface area contributed by atoms with Crippen LogP contribution in [0.2, 0.25) is 0 Å². The van der Waals surface area contributed by atoms with Crippen LogP contribution in [0.25, 0.3) is 0 Å². The summed E-state index contributed by atoms with van der Waals surface area (Å²) < 4.78 is 0. The number of nitrogens with one attached hydrogen (secondary N) is 1. The standard InChI is InChI=1S/C16H22N2O/c1-12-9-18(11-16(6-7-16)10-17-12)15-5-3-4-14(8-15)13(2)19/h3-5,8,12,17H,6-7,9-11H2,1-2H3. The lowest BCUT2D eigenvalue weighted by Crippen LogP contribution is -2.35. The Labute approximate surface area is 115 Å². The van der Waals surface area contributed by atoms with E-state index in [-0.39, 0.29) is 5.78 Å². The highest BCUT2D eigenvalue weighted by molar-refractivity contribution is 5.95. The second-order valence-corrected chi connectivity index (χ2v) is 6.27. The molecule has 102 valence electrons. The molecule has 1 spiro atoms. The van der Waals surface area contributed by atoms with Gasteiger partial charge >= 0.3 is 0 Å². The monoisotopic (exact) mass is 258 g/mol. The van der Waals surface area contributed by atoms with Crippen molar-refractivity contribution in [1.82, 2.24) is 5.32 Å². The van der Waals surface area contributed by atoms with Crippen molar-refractivity contribution in [2.45, 2.75) is 32.7 Å². The van der Waals surface area contributed by atoms with Crippen LogP contribution in [0.1, 0.15) is 37.0 Å². The van der Waals surface area contributed by atoms with Crippen LogP contribution in [-0.2, 0) is 0 Å². The molecule has 1 aliphatic carbocycles. The van der Waals surface area contributed by atoms with Crippen LogP contribution in [0.3, 0.4) is 0 Å². The third-order valence-corrected chi connectivity index (χ3v) is 4.42. The summed E-state index contributed by atoms with van der Waals surface area (Å²) in [5.41, 5.74) is 2.48. The molecule has 1 heterocycles. The van der Waals surface area contributed by atoms with Crippen LogP contribution in [0, 0.1) is 5.41 Å². The summed E-state index contributed by atoms with van der Waals surface area (Å²) in [5.74, 6) is 0.143. The van der Waals surface area contributed by atoms with E-state index in [0.29, 0.717) is 11.5 Å². The van der Waals surface area contributed by atoms with Gasteiger partial charge in [-0.05, 0) is 38.8 Å². The van der Waals surface area contributed by atoms with Gasteiger partial charge in [-0.2, -0.15) is 0 Å². The van der Waals surface area contributed by atoms with Crippen LogP contribution in [-0.4, -0.2) is 31.5 Å². The average molecular weight is 258 g/mol. The van der Waals surface area contributed by atoms with E-state index in [1.54, 1.807) is 6.92 Å². The molecule has 2 fully saturated rings. The van der Waals surface area contributed by atoms with Gasteiger partial charge in [0, 0.05) is 42.3 Å². The first kappa shape index (κ1) is 12.7. The predicted molar refractivity (Wildman–Crippen MR) is 77.8 cm³/mol. The summed E-state index contributed by atoms with van der Waals surface area (Å²) in [6.45, 7) is 7.14. The number of anilines is 1. The molecule has 3 nitrogen and oxygen atoms in total. The number of rotatable bonds is 2. The summed E-state index contributed by atoms with van der Waals surface area (Å²) in [4.78, 5) is 14.0. The molecule has 19 heavy (non-hydrogen) atoms. The quantitative estimate of drug-likeness (QED) is 0.827.